The van der Waals surface area contributed by atoms with Gasteiger partial charge in [0, 0.05) is 6.20 Å². The molecule has 0 aliphatic rings. The predicted octanol–water partition coefficient (Wildman–Crippen LogP) is 1.73. The van der Waals surface area contributed by atoms with Gasteiger partial charge >= 0.3 is 5.97 Å². The predicted molar refractivity (Wildman–Crippen MR) is 45.2 cm³/mol. The summed E-state index contributed by atoms with van der Waals surface area (Å²) in [5.74, 6) is -0.965. The highest BCUT2D eigenvalue weighted by atomic mass is 16.4. The van der Waals surface area contributed by atoms with Gasteiger partial charge in [0.25, 0.3) is 0 Å². The Balaban J connectivity index is 2.88. The Hall–Kier alpha value is -1.38. The molecule has 0 amide bonds. The highest BCUT2D eigenvalue weighted by Gasteiger charge is 2.03. The van der Waals surface area contributed by atoms with E-state index in [1.165, 1.54) is 6.20 Å². The Morgan fingerprint density at radius 1 is 1.67 bits per heavy atom. The maximum absolute atomic E-state index is 10.5. The van der Waals surface area contributed by atoms with E-state index < -0.39 is 5.97 Å². The van der Waals surface area contributed by atoms with E-state index in [1.54, 1.807) is 6.07 Å². The van der Waals surface area contributed by atoms with Gasteiger partial charge in [-0.25, -0.2) is 9.78 Å². The van der Waals surface area contributed by atoms with Gasteiger partial charge in [-0.3, -0.25) is 0 Å². The molecule has 3 heteroatoms. The molecule has 0 unspecified atom stereocenters. The first-order chi connectivity index (χ1) is 5.74. The average Bonchev–Trinajstić information content (AvgIpc) is 2.05. The molecule has 1 rings (SSSR count). The van der Waals surface area contributed by atoms with Crippen LogP contribution in [0.5, 0.6) is 0 Å². The van der Waals surface area contributed by atoms with E-state index in [1.807, 2.05) is 6.07 Å². The van der Waals surface area contributed by atoms with Gasteiger partial charge in [-0.15, -0.1) is 0 Å². The molecule has 1 heterocycles. The highest BCUT2D eigenvalue weighted by Crippen LogP contribution is 2.04. The van der Waals surface area contributed by atoms with Crippen molar-refractivity contribution in [3.05, 3.63) is 29.6 Å². The lowest BCUT2D eigenvalue weighted by Gasteiger charge is -1.98. The van der Waals surface area contributed by atoms with Gasteiger partial charge in [-0.2, -0.15) is 0 Å². The normalized spacial score (nSPS) is 9.75. The zero-order valence-corrected chi connectivity index (χ0v) is 6.95. The van der Waals surface area contributed by atoms with Crippen molar-refractivity contribution < 1.29 is 9.90 Å². The van der Waals surface area contributed by atoms with Crippen molar-refractivity contribution in [3.8, 4) is 0 Å². The topological polar surface area (TPSA) is 50.2 Å². The first kappa shape index (κ1) is 8.71. The van der Waals surface area contributed by atoms with E-state index in [2.05, 4.69) is 11.9 Å². The number of hydrogen-bond donors (Lipinski definition) is 1. The fourth-order valence-electron chi connectivity index (χ4n) is 1.04. The number of carboxylic acids is 1. The Bertz CT molecular complexity index is 284. The number of aromatic nitrogens is 1. The Labute approximate surface area is 71.1 Å². The van der Waals surface area contributed by atoms with Crippen LogP contribution in [0.3, 0.4) is 0 Å². The van der Waals surface area contributed by atoms with E-state index in [4.69, 9.17) is 5.11 Å². The van der Waals surface area contributed by atoms with Crippen LogP contribution >= 0.6 is 0 Å². The van der Waals surface area contributed by atoms with Crippen LogP contribution in [0.1, 0.15) is 29.4 Å². The third-order valence-electron chi connectivity index (χ3n) is 1.58. The molecule has 0 atom stereocenters. The number of aromatic carboxylic acids is 1. The van der Waals surface area contributed by atoms with Gasteiger partial charge in [0.15, 0.2) is 0 Å². The molecule has 12 heavy (non-hydrogen) atoms. The standard InChI is InChI=1S/C9H11NO2/c1-2-3-7-4-5-10-8(6-7)9(11)12/h4-6H,2-3H2,1H3,(H,11,12). The zero-order valence-electron chi connectivity index (χ0n) is 6.95. The summed E-state index contributed by atoms with van der Waals surface area (Å²) >= 11 is 0. The number of hydrogen-bond acceptors (Lipinski definition) is 2. The molecule has 1 aromatic rings. The molecular formula is C9H11NO2. The molecule has 0 saturated carbocycles. The van der Waals surface area contributed by atoms with Crippen molar-refractivity contribution in [1.82, 2.24) is 4.98 Å². The Morgan fingerprint density at radius 2 is 2.42 bits per heavy atom. The Kier molecular flexibility index (Phi) is 2.80. The SMILES string of the molecule is CCCc1ccnc(C(=O)O)c1. The second kappa shape index (κ2) is 3.85. The molecule has 0 aromatic carbocycles. The van der Waals surface area contributed by atoms with Crippen LogP contribution in [0.2, 0.25) is 0 Å². The van der Waals surface area contributed by atoms with Crippen LogP contribution in [0.25, 0.3) is 0 Å². The summed E-state index contributed by atoms with van der Waals surface area (Å²) in [7, 11) is 0. The first-order valence-corrected chi connectivity index (χ1v) is 3.92. The fraction of sp³-hybridized carbons (Fsp3) is 0.333. The monoisotopic (exact) mass is 165 g/mol. The second-order valence-corrected chi connectivity index (χ2v) is 2.60. The van der Waals surface area contributed by atoms with Crippen LogP contribution in [0.15, 0.2) is 18.3 Å². The number of nitrogens with zero attached hydrogens (tertiary/aromatic N) is 1. The summed E-state index contributed by atoms with van der Waals surface area (Å²) in [6.07, 6.45) is 3.46. The first-order valence-electron chi connectivity index (χ1n) is 3.92. The largest absolute Gasteiger partial charge is 0.477 e. The lowest BCUT2D eigenvalue weighted by atomic mass is 10.1. The molecule has 0 fully saturated rings. The molecule has 0 bridgehead atoms. The summed E-state index contributed by atoms with van der Waals surface area (Å²) in [6.45, 7) is 2.06. The highest BCUT2D eigenvalue weighted by molar-refractivity contribution is 5.85. The molecule has 0 aliphatic carbocycles. The summed E-state index contributed by atoms with van der Waals surface area (Å²) in [4.78, 5) is 14.2. The minimum Gasteiger partial charge on any atom is -0.477 e. The number of carbonyl (C=O) groups is 1. The molecule has 1 aromatic heterocycles. The minimum atomic E-state index is -0.965. The van der Waals surface area contributed by atoms with E-state index in [0.29, 0.717) is 0 Å². The molecule has 0 spiro atoms. The van der Waals surface area contributed by atoms with Crippen LogP contribution < -0.4 is 0 Å². The molecule has 0 radical (unpaired) electrons. The lowest BCUT2D eigenvalue weighted by molar-refractivity contribution is 0.0690. The fourth-order valence-corrected chi connectivity index (χ4v) is 1.04. The number of pyridine rings is 1. The average molecular weight is 165 g/mol. The van der Waals surface area contributed by atoms with Crippen LogP contribution in [-0.2, 0) is 6.42 Å². The van der Waals surface area contributed by atoms with E-state index >= 15 is 0 Å². The van der Waals surface area contributed by atoms with E-state index in [9.17, 15) is 4.79 Å². The van der Waals surface area contributed by atoms with Crippen LogP contribution in [0.4, 0.5) is 0 Å². The van der Waals surface area contributed by atoms with Crippen molar-refractivity contribution >= 4 is 5.97 Å². The van der Waals surface area contributed by atoms with Gasteiger partial charge in [0.1, 0.15) is 5.69 Å². The van der Waals surface area contributed by atoms with Crippen molar-refractivity contribution in [2.75, 3.05) is 0 Å². The quantitative estimate of drug-likeness (QED) is 0.742. The minimum absolute atomic E-state index is 0.126. The van der Waals surface area contributed by atoms with Gasteiger partial charge in [-0.05, 0) is 24.1 Å². The maximum Gasteiger partial charge on any atom is 0.354 e. The van der Waals surface area contributed by atoms with E-state index in [-0.39, 0.29) is 5.69 Å². The van der Waals surface area contributed by atoms with Crippen molar-refractivity contribution in [2.45, 2.75) is 19.8 Å². The lowest BCUT2D eigenvalue weighted by Crippen LogP contribution is -2.00. The number of rotatable bonds is 3. The molecule has 0 aliphatic heterocycles. The van der Waals surface area contributed by atoms with Crippen LogP contribution in [0, 0.1) is 0 Å². The van der Waals surface area contributed by atoms with Gasteiger partial charge in [-0.1, -0.05) is 13.3 Å². The molecule has 3 nitrogen and oxygen atoms in total. The van der Waals surface area contributed by atoms with Crippen molar-refractivity contribution in [3.63, 3.8) is 0 Å². The smallest absolute Gasteiger partial charge is 0.354 e. The number of carboxylic acid groups (broad SMARTS) is 1. The summed E-state index contributed by atoms with van der Waals surface area (Å²) < 4.78 is 0. The van der Waals surface area contributed by atoms with Gasteiger partial charge in [0.2, 0.25) is 0 Å². The zero-order chi connectivity index (χ0) is 8.97. The van der Waals surface area contributed by atoms with Crippen molar-refractivity contribution in [1.29, 1.82) is 0 Å². The van der Waals surface area contributed by atoms with E-state index in [0.717, 1.165) is 18.4 Å². The molecular weight excluding hydrogens is 154 g/mol. The van der Waals surface area contributed by atoms with Gasteiger partial charge < -0.3 is 5.11 Å². The third kappa shape index (κ3) is 2.05. The summed E-state index contributed by atoms with van der Waals surface area (Å²) in [6, 6.07) is 3.46. The number of aryl methyl sites for hydroxylation is 1. The molecule has 64 valence electrons. The third-order valence-corrected chi connectivity index (χ3v) is 1.58. The second-order valence-electron chi connectivity index (χ2n) is 2.60. The molecule has 1 N–H and O–H groups in total. The summed E-state index contributed by atoms with van der Waals surface area (Å²) in [5.41, 5.74) is 1.16. The maximum atomic E-state index is 10.5. The van der Waals surface area contributed by atoms with Crippen LogP contribution in [-0.4, -0.2) is 16.1 Å². The Morgan fingerprint density at radius 3 is 3.00 bits per heavy atom. The molecule has 0 saturated heterocycles. The summed E-state index contributed by atoms with van der Waals surface area (Å²) in [5, 5.41) is 8.61. The van der Waals surface area contributed by atoms with Crippen molar-refractivity contribution in [2.24, 2.45) is 0 Å². The van der Waals surface area contributed by atoms with Gasteiger partial charge in [0.05, 0.1) is 0 Å².